The first-order valence-electron chi connectivity index (χ1n) is 8.17. The van der Waals surface area contributed by atoms with Gasteiger partial charge in [0, 0.05) is 6.20 Å². The molecule has 4 heteroatoms. The molecule has 1 aliphatic rings. The van der Waals surface area contributed by atoms with Crippen molar-refractivity contribution in [2.45, 2.75) is 52.6 Å². The molecule has 126 valence electrons. The number of carbonyl (C=O) groups excluding carboxylic acids is 1. The lowest BCUT2D eigenvalue weighted by Gasteiger charge is -2.26. The van der Waals surface area contributed by atoms with E-state index in [1.54, 1.807) is 12.0 Å². The Morgan fingerprint density at radius 2 is 1.91 bits per heavy atom. The van der Waals surface area contributed by atoms with Crippen molar-refractivity contribution in [1.82, 2.24) is 0 Å². The summed E-state index contributed by atoms with van der Waals surface area (Å²) in [6.07, 6.45) is 4.99. The Kier molecular flexibility index (Phi) is 5.34. The Labute approximate surface area is 139 Å². The van der Waals surface area contributed by atoms with Crippen molar-refractivity contribution in [2.24, 2.45) is 5.92 Å². The lowest BCUT2D eigenvalue weighted by atomic mass is 10.1. The maximum Gasteiger partial charge on any atom is 0.418 e. The monoisotopic (exact) mass is 317 g/mol. The van der Waals surface area contributed by atoms with Crippen LogP contribution < -0.4 is 9.64 Å². The van der Waals surface area contributed by atoms with E-state index in [0.717, 1.165) is 17.9 Å². The fourth-order valence-electron chi connectivity index (χ4n) is 2.69. The minimum atomic E-state index is -0.526. The summed E-state index contributed by atoms with van der Waals surface area (Å²) in [6, 6.07) is 7.45. The highest BCUT2D eigenvalue weighted by Gasteiger charge is 2.25. The maximum absolute atomic E-state index is 12.6. The van der Waals surface area contributed by atoms with Gasteiger partial charge in [-0.1, -0.05) is 12.5 Å². The number of hydrogen-bond acceptors (Lipinski definition) is 3. The number of hydrogen-bond donors (Lipinski definition) is 0. The van der Waals surface area contributed by atoms with Gasteiger partial charge in [-0.15, -0.1) is 0 Å². The minimum Gasteiger partial charge on any atom is -0.497 e. The van der Waals surface area contributed by atoms with Crippen LogP contribution in [0, 0.1) is 5.92 Å². The first-order chi connectivity index (χ1) is 10.8. The van der Waals surface area contributed by atoms with Crippen molar-refractivity contribution >= 4 is 11.8 Å². The predicted molar refractivity (Wildman–Crippen MR) is 92.8 cm³/mol. The Morgan fingerprint density at radius 3 is 2.39 bits per heavy atom. The zero-order valence-electron chi connectivity index (χ0n) is 14.8. The van der Waals surface area contributed by atoms with Crippen LogP contribution in [0.3, 0.4) is 0 Å². The van der Waals surface area contributed by atoms with E-state index in [2.05, 4.69) is 6.92 Å². The summed E-state index contributed by atoms with van der Waals surface area (Å²) in [5.41, 5.74) is 1.56. The molecular formula is C19H27NO3. The van der Waals surface area contributed by atoms with Crippen molar-refractivity contribution in [3.63, 3.8) is 0 Å². The summed E-state index contributed by atoms with van der Waals surface area (Å²) in [5.74, 6) is 1.28. The van der Waals surface area contributed by atoms with Gasteiger partial charge in [-0.05, 0) is 70.2 Å². The molecule has 2 rings (SSSR count). The molecule has 0 unspecified atom stereocenters. The Balaban J connectivity index is 2.31. The molecule has 1 atom stereocenters. The number of amides is 1. The van der Waals surface area contributed by atoms with Gasteiger partial charge in [0.15, 0.2) is 0 Å². The molecule has 1 aromatic carbocycles. The van der Waals surface area contributed by atoms with Crippen LogP contribution in [-0.4, -0.2) is 18.8 Å². The van der Waals surface area contributed by atoms with Crippen LogP contribution in [0.4, 0.5) is 10.5 Å². The van der Waals surface area contributed by atoms with E-state index in [9.17, 15) is 4.79 Å². The molecule has 0 spiro atoms. The van der Waals surface area contributed by atoms with Crippen LogP contribution in [-0.2, 0) is 4.74 Å². The molecule has 1 aromatic rings. The molecule has 0 radical (unpaired) electrons. The van der Waals surface area contributed by atoms with Crippen molar-refractivity contribution in [3.8, 4) is 5.75 Å². The largest absolute Gasteiger partial charge is 0.497 e. The molecule has 0 aromatic heterocycles. The maximum atomic E-state index is 12.6. The zero-order valence-corrected chi connectivity index (χ0v) is 14.8. The number of benzene rings is 1. The molecule has 0 N–H and O–H groups in total. The zero-order chi connectivity index (χ0) is 17.0. The molecule has 0 aliphatic heterocycles. The third-order valence-corrected chi connectivity index (χ3v) is 3.97. The quantitative estimate of drug-likeness (QED) is 0.774. The van der Waals surface area contributed by atoms with Gasteiger partial charge in [-0.2, -0.15) is 0 Å². The predicted octanol–water partition coefficient (Wildman–Crippen LogP) is 5.14. The molecule has 1 saturated carbocycles. The second-order valence-electron chi connectivity index (χ2n) is 7.05. The first kappa shape index (κ1) is 17.4. The number of methoxy groups -OCH3 is 1. The molecular weight excluding hydrogens is 290 g/mol. The Morgan fingerprint density at radius 1 is 1.26 bits per heavy atom. The number of allylic oxidation sites excluding steroid dienone is 1. The number of nitrogens with zero attached hydrogens (tertiary/aromatic N) is 1. The van der Waals surface area contributed by atoms with Crippen molar-refractivity contribution in [3.05, 3.63) is 36.0 Å². The Bertz CT molecular complexity index is 569. The van der Waals surface area contributed by atoms with Crippen LogP contribution in [0.5, 0.6) is 5.75 Å². The molecule has 0 bridgehead atoms. The van der Waals surface area contributed by atoms with Gasteiger partial charge in [0.1, 0.15) is 11.4 Å². The number of carbonyl (C=O) groups is 1. The van der Waals surface area contributed by atoms with Gasteiger partial charge in [0.2, 0.25) is 0 Å². The lowest BCUT2D eigenvalue weighted by molar-refractivity contribution is 0.0596. The highest BCUT2D eigenvalue weighted by Crippen LogP contribution is 2.32. The van der Waals surface area contributed by atoms with Crippen LogP contribution in [0.2, 0.25) is 0 Å². The van der Waals surface area contributed by atoms with Crippen molar-refractivity contribution < 1.29 is 14.3 Å². The van der Waals surface area contributed by atoms with Gasteiger partial charge in [0.25, 0.3) is 0 Å². The van der Waals surface area contributed by atoms with Crippen LogP contribution >= 0.6 is 0 Å². The van der Waals surface area contributed by atoms with Crippen LogP contribution in [0.15, 0.2) is 36.0 Å². The lowest BCUT2D eigenvalue weighted by Crippen LogP contribution is -2.34. The van der Waals surface area contributed by atoms with Gasteiger partial charge in [-0.25, -0.2) is 4.79 Å². The average molecular weight is 317 g/mol. The van der Waals surface area contributed by atoms with E-state index in [0.29, 0.717) is 5.92 Å². The third-order valence-electron chi connectivity index (χ3n) is 3.97. The normalized spacial score (nSPS) is 19.7. The summed E-state index contributed by atoms with van der Waals surface area (Å²) in [5, 5.41) is 0. The summed E-state index contributed by atoms with van der Waals surface area (Å²) in [7, 11) is 1.63. The van der Waals surface area contributed by atoms with E-state index in [4.69, 9.17) is 9.47 Å². The first-order valence-corrected chi connectivity index (χ1v) is 8.17. The minimum absolute atomic E-state index is 0.353. The molecule has 0 heterocycles. The summed E-state index contributed by atoms with van der Waals surface area (Å²) >= 11 is 0. The fraction of sp³-hybridized carbons (Fsp3) is 0.526. The van der Waals surface area contributed by atoms with Crippen molar-refractivity contribution in [1.29, 1.82) is 0 Å². The highest BCUT2D eigenvalue weighted by atomic mass is 16.6. The summed E-state index contributed by atoms with van der Waals surface area (Å²) in [6.45, 7) is 7.84. The standard InChI is InChI=1S/C19H27NO3/c1-14-7-6-8-15(14)13-20(18(21)23-19(2,3)4)16-9-11-17(22-5)12-10-16/h9-14H,6-8H2,1-5H3/b15-13+/t14-/m0/s1. The smallest absolute Gasteiger partial charge is 0.418 e. The van der Waals surface area contributed by atoms with E-state index in [1.165, 1.54) is 18.4 Å². The van der Waals surface area contributed by atoms with Gasteiger partial charge in [-0.3, -0.25) is 4.90 Å². The molecule has 1 fully saturated rings. The van der Waals surface area contributed by atoms with Gasteiger partial charge < -0.3 is 9.47 Å². The highest BCUT2D eigenvalue weighted by molar-refractivity contribution is 5.90. The van der Waals surface area contributed by atoms with Gasteiger partial charge in [0.05, 0.1) is 12.8 Å². The van der Waals surface area contributed by atoms with E-state index < -0.39 is 5.60 Å². The summed E-state index contributed by atoms with van der Waals surface area (Å²) < 4.78 is 10.8. The topological polar surface area (TPSA) is 38.8 Å². The molecule has 23 heavy (non-hydrogen) atoms. The van der Waals surface area contributed by atoms with E-state index in [-0.39, 0.29) is 6.09 Å². The van der Waals surface area contributed by atoms with Crippen molar-refractivity contribution in [2.75, 3.05) is 12.0 Å². The molecule has 4 nitrogen and oxygen atoms in total. The molecule has 1 aliphatic carbocycles. The van der Waals surface area contributed by atoms with Crippen LogP contribution in [0.25, 0.3) is 0 Å². The summed E-state index contributed by atoms with van der Waals surface area (Å²) in [4.78, 5) is 14.2. The SMILES string of the molecule is COc1ccc(N(/C=C2\CCC[C@@H]2C)C(=O)OC(C)(C)C)cc1. The second-order valence-corrected chi connectivity index (χ2v) is 7.05. The number of ether oxygens (including phenoxy) is 2. The van der Waals surface area contributed by atoms with E-state index in [1.807, 2.05) is 51.2 Å². The number of anilines is 1. The molecule has 0 saturated heterocycles. The molecule has 1 amide bonds. The second kappa shape index (κ2) is 7.07. The van der Waals surface area contributed by atoms with Gasteiger partial charge >= 0.3 is 6.09 Å². The fourth-order valence-corrected chi connectivity index (χ4v) is 2.69. The average Bonchev–Trinajstić information content (AvgIpc) is 2.88. The van der Waals surface area contributed by atoms with E-state index >= 15 is 0 Å². The third kappa shape index (κ3) is 4.75. The number of rotatable bonds is 3. The Hall–Kier alpha value is -1.97. The van der Waals surface area contributed by atoms with Crippen LogP contribution in [0.1, 0.15) is 47.0 Å².